The van der Waals surface area contributed by atoms with Crippen LogP contribution in [0, 0.1) is 17.0 Å². The second kappa shape index (κ2) is 10.8. The standard InChI is InChI=1S/C30H31F5N8/c31-20-13-19(14-22-27(20)40-25-4-2-23(43(22)25)30(33,34)35)26-21(32)16-38-28(41-26)39-24-3-1-18(15-37-24)17-42-11-7-29(8-12-42)5-9-36-10-6-29/h1,3,13-16,23,36H,2,4-12,17H2,(H,37,38,39,41). The largest absolute Gasteiger partial charge is 0.409 e. The Kier molecular flexibility index (Phi) is 7.04. The number of anilines is 2. The van der Waals surface area contributed by atoms with Gasteiger partial charge in [0.2, 0.25) is 5.95 Å². The fourth-order valence-electron chi connectivity index (χ4n) is 6.80. The number of aromatic nitrogens is 5. The molecule has 43 heavy (non-hydrogen) atoms. The number of halogens is 5. The molecule has 8 nitrogen and oxygen atoms in total. The van der Waals surface area contributed by atoms with Crippen LogP contribution in [0.5, 0.6) is 0 Å². The van der Waals surface area contributed by atoms with Crippen molar-refractivity contribution in [2.75, 3.05) is 31.5 Å². The first kappa shape index (κ1) is 28.1. The number of fused-ring (bicyclic) bond motifs is 3. The van der Waals surface area contributed by atoms with Crippen molar-refractivity contribution in [1.29, 1.82) is 0 Å². The molecule has 2 fully saturated rings. The Labute approximate surface area is 244 Å². The van der Waals surface area contributed by atoms with Crippen molar-refractivity contribution in [3.05, 3.63) is 59.7 Å². The summed E-state index contributed by atoms with van der Waals surface area (Å²) in [4.78, 5) is 19.2. The van der Waals surface area contributed by atoms with Crippen molar-refractivity contribution in [3.63, 3.8) is 0 Å². The normalized spacial score (nSPS) is 20.5. The van der Waals surface area contributed by atoms with Gasteiger partial charge in [-0.05, 0) is 87.5 Å². The summed E-state index contributed by atoms with van der Waals surface area (Å²) in [6.45, 7) is 5.16. The van der Waals surface area contributed by atoms with Crippen molar-refractivity contribution in [2.24, 2.45) is 5.41 Å². The Morgan fingerprint density at radius 1 is 0.953 bits per heavy atom. The summed E-state index contributed by atoms with van der Waals surface area (Å²) in [5.41, 5.74) is 1.07. The number of pyridine rings is 1. The Bertz CT molecular complexity index is 1640. The zero-order chi connectivity index (χ0) is 29.8. The predicted molar refractivity (Wildman–Crippen MR) is 151 cm³/mol. The van der Waals surface area contributed by atoms with Crippen molar-refractivity contribution < 1.29 is 22.0 Å². The average molecular weight is 599 g/mol. The minimum atomic E-state index is -4.52. The van der Waals surface area contributed by atoms with Crippen molar-refractivity contribution >= 4 is 22.8 Å². The van der Waals surface area contributed by atoms with E-state index in [9.17, 15) is 17.6 Å². The minimum absolute atomic E-state index is 0.0143. The third-order valence-corrected chi connectivity index (χ3v) is 9.22. The van der Waals surface area contributed by atoms with Crippen LogP contribution in [-0.4, -0.2) is 61.8 Å². The van der Waals surface area contributed by atoms with E-state index in [1.165, 1.54) is 31.7 Å². The molecule has 3 aliphatic heterocycles. The number of piperidine rings is 2. The molecule has 3 aromatic heterocycles. The Morgan fingerprint density at radius 2 is 1.74 bits per heavy atom. The first-order chi connectivity index (χ1) is 20.7. The summed E-state index contributed by atoms with van der Waals surface area (Å²) in [5.74, 6) is -1.07. The zero-order valence-corrected chi connectivity index (χ0v) is 23.4. The summed E-state index contributed by atoms with van der Waals surface area (Å²) in [7, 11) is 0. The summed E-state index contributed by atoms with van der Waals surface area (Å²) >= 11 is 0. The molecule has 4 aromatic rings. The highest BCUT2D eigenvalue weighted by molar-refractivity contribution is 5.83. The van der Waals surface area contributed by atoms with Gasteiger partial charge in [0.15, 0.2) is 11.6 Å². The summed E-state index contributed by atoms with van der Waals surface area (Å²) in [6.07, 6.45) is 3.04. The van der Waals surface area contributed by atoms with Gasteiger partial charge in [-0.25, -0.2) is 28.7 Å². The maximum Gasteiger partial charge on any atom is 0.409 e. The van der Waals surface area contributed by atoms with Gasteiger partial charge in [0.1, 0.15) is 28.9 Å². The quantitative estimate of drug-likeness (QED) is 0.276. The lowest BCUT2D eigenvalue weighted by molar-refractivity contribution is -0.164. The lowest BCUT2D eigenvalue weighted by Crippen LogP contribution is -2.45. The highest BCUT2D eigenvalue weighted by atomic mass is 19.4. The molecule has 2 N–H and O–H groups in total. The maximum absolute atomic E-state index is 15.0. The molecule has 3 aliphatic rings. The number of nitrogens with one attached hydrogen (secondary N) is 2. The molecule has 226 valence electrons. The molecular formula is C30H31F5N8. The average Bonchev–Trinajstić information content (AvgIpc) is 3.57. The van der Waals surface area contributed by atoms with E-state index in [-0.39, 0.29) is 46.9 Å². The fraction of sp³-hybridized carbons (Fsp3) is 0.467. The van der Waals surface area contributed by atoms with Gasteiger partial charge in [-0.2, -0.15) is 13.2 Å². The molecule has 1 atom stereocenters. The first-order valence-electron chi connectivity index (χ1n) is 14.6. The van der Waals surface area contributed by atoms with Gasteiger partial charge in [0, 0.05) is 24.7 Å². The highest BCUT2D eigenvalue weighted by Gasteiger charge is 2.45. The number of benzene rings is 1. The molecule has 1 unspecified atom stereocenters. The van der Waals surface area contributed by atoms with E-state index in [0.717, 1.165) is 55.1 Å². The van der Waals surface area contributed by atoms with E-state index in [4.69, 9.17) is 0 Å². The smallest absolute Gasteiger partial charge is 0.317 e. The fourth-order valence-corrected chi connectivity index (χ4v) is 6.80. The number of likely N-dealkylation sites (tertiary alicyclic amines) is 1. The Hall–Kier alpha value is -3.71. The number of aryl methyl sites for hydroxylation is 1. The number of hydrogen-bond acceptors (Lipinski definition) is 7. The van der Waals surface area contributed by atoms with Crippen LogP contribution in [0.2, 0.25) is 0 Å². The Morgan fingerprint density at radius 3 is 2.47 bits per heavy atom. The molecule has 0 amide bonds. The maximum atomic E-state index is 15.0. The Balaban J connectivity index is 1.07. The summed E-state index contributed by atoms with van der Waals surface area (Å²) < 4.78 is 71.9. The monoisotopic (exact) mass is 598 g/mol. The van der Waals surface area contributed by atoms with Gasteiger partial charge in [0.05, 0.1) is 11.7 Å². The third kappa shape index (κ3) is 5.44. The van der Waals surface area contributed by atoms with Gasteiger partial charge in [-0.3, -0.25) is 4.90 Å². The van der Waals surface area contributed by atoms with Crippen LogP contribution in [0.4, 0.5) is 33.7 Å². The first-order valence-corrected chi connectivity index (χ1v) is 14.6. The second-order valence-electron chi connectivity index (χ2n) is 11.9. The molecule has 0 radical (unpaired) electrons. The van der Waals surface area contributed by atoms with Crippen LogP contribution in [0.1, 0.15) is 49.5 Å². The molecule has 0 aliphatic carbocycles. The molecule has 13 heteroatoms. The lowest BCUT2D eigenvalue weighted by Gasteiger charge is -2.44. The summed E-state index contributed by atoms with van der Waals surface area (Å²) in [5, 5.41) is 6.40. The molecule has 1 aromatic carbocycles. The molecule has 7 rings (SSSR count). The molecule has 6 heterocycles. The van der Waals surface area contributed by atoms with Gasteiger partial charge in [-0.15, -0.1) is 0 Å². The number of hydrogen-bond donors (Lipinski definition) is 2. The topological polar surface area (TPSA) is 83.8 Å². The highest BCUT2D eigenvalue weighted by Crippen LogP contribution is 2.43. The zero-order valence-electron chi connectivity index (χ0n) is 23.4. The number of imidazole rings is 1. The molecule has 1 spiro atoms. The van der Waals surface area contributed by atoms with E-state index >= 15 is 4.39 Å². The lowest BCUT2D eigenvalue weighted by atomic mass is 9.71. The van der Waals surface area contributed by atoms with E-state index in [2.05, 4.69) is 35.5 Å². The minimum Gasteiger partial charge on any atom is -0.317 e. The third-order valence-electron chi connectivity index (χ3n) is 9.22. The molecule has 2 saturated heterocycles. The van der Waals surface area contributed by atoms with Crippen LogP contribution in [0.15, 0.2) is 36.7 Å². The van der Waals surface area contributed by atoms with Gasteiger partial charge in [-0.1, -0.05) is 6.07 Å². The molecule has 0 bridgehead atoms. The summed E-state index contributed by atoms with van der Waals surface area (Å²) in [6, 6.07) is 4.27. The number of rotatable bonds is 5. The van der Waals surface area contributed by atoms with Crippen LogP contribution < -0.4 is 10.6 Å². The number of nitrogens with zero attached hydrogens (tertiary/aromatic N) is 6. The molecule has 0 saturated carbocycles. The van der Waals surface area contributed by atoms with E-state index in [0.29, 0.717) is 11.2 Å². The SMILES string of the molecule is Fc1cnc(Nc2ccc(CN3CCC4(CCNCC4)CC3)cn2)nc1-c1cc(F)c2nc3n(c2c1)C(C(F)(F)F)CC3. The second-order valence-corrected chi connectivity index (χ2v) is 11.9. The number of alkyl halides is 3. The van der Waals surface area contributed by atoms with Crippen molar-refractivity contribution in [1.82, 2.24) is 34.7 Å². The van der Waals surface area contributed by atoms with E-state index in [1.54, 1.807) is 12.3 Å². The molecular weight excluding hydrogens is 567 g/mol. The van der Waals surface area contributed by atoms with Gasteiger partial charge < -0.3 is 15.2 Å². The van der Waals surface area contributed by atoms with Crippen molar-refractivity contribution in [2.45, 2.75) is 57.3 Å². The van der Waals surface area contributed by atoms with Crippen LogP contribution in [0.25, 0.3) is 22.3 Å². The predicted octanol–water partition coefficient (Wildman–Crippen LogP) is 5.93. The van der Waals surface area contributed by atoms with Crippen LogP contribution in [0.3, 0.4) is 0 Å². The van der Waals surface area contributed by atoms with Crippen molar-refractivity contribution in [3.8, 4) is 11.3 Å². The van der Waals surface area contributed by atoms with Gasteiger partial charge >= 0.3 is 6.18 Å². The van der Waals surface area contributed by atoms with Crippen LogP contribution >= 0.6 is 0 Å². The van der Waals surface area contributed by atoms with Gasteiger partial charge in [0.25, 0.3) is 0 Å². The van der Waals surface area contributed by atoms with E-state index < -0.39 is 23.9 Å². The van der Waals surface area contributed by atoms with Crippen LogP contribution in [-0.2, 0) is 13.0 Å². The van der Waals surface area contributed by atoms with E-state index in [1.807, 2.05) is 6.07 Å².